The molecule has 3 aromatic rings. The summed E-state index contributed by atoms with van der Waals surface area (Å²) >= 11 is 0. The third kappa shape index (κ3) is 25.3. The van der Waals surface area contributed by atoms with E-state index in [0.717, 1.165) is 11.1 Å². The fourth-order valence-corrected chi connectivity index (χ4v) is 5.34. The number of hydrogen-bond acceptors (Lipinski definition) is 10. The van der Waals surface area contributed by atoms with Gasteiger partial charge in [0.1, 0.15) is 0 Å². The molecule has 3 aromatic carbocycles. The van der Waals surface area contributed by atoms with E-state index in [9.17, 15) is 0 Å². The molecule has 0 atom stereocenters. The number of hydrogen-bond donors (Lipinski definition) is 0. The van der Waals surface area contributed by atoms with Crippen molar-refractivity contribution in [1.29, 1.82) is 0 Å². The Hall–Kier alpha value is -1.10. The van der Waals surface area contributed by atoms with Gasteiger partial charge < -0.3 is 47.4 Å². The van der Waals surface area contributed by atoms with Crippen LogP contribution in [0.1, 0.15) is 74.9 Å². The normalized spacial score (nSPS) is 11.9. The van der Waals surface area contributed by atoms with Gasteiger partial charge in [-0.25, -0.2) is 0 Å². The van der Waals surface area contributed by atoms with E-state index < -0.39 is 0 Å². The first-order chi connectivity index (χ1) is 27.1. The van der Waals surface area contributed by atoms with Crippen LogP contribution in [-0.2, 0) is 84.6 Å². The maximum atomic E-state index is 5.84. The Balaban J connectivity index is 0.0000112. The maximum absolute atomic E-state index is 5.84. The Morgan fingerprint density at radius 3 is 0.772 bits per heavy atom. The molecule has 0 N–H and O–H groups in total. The van der Waals surface area contributed by atoms with Crippen LogP contribution >= 0.6 is 0 Å². The van der Waals surface area contributed by atoms with E-state index in [0.29, 0.717) is 132 Å². The molecule has 0 amide bonds. The van der Waals surface area contributed by atoms with Crippen LogP contribution in [0, 0.1) is 0 Å². The minimum atomic E-state index is 0. The Kier molecular flexibility index (Phi) is 29.0. The van der Waals surface area contributed by atoms with Crippen molar-refractivity contribution in [3.05, 3.63) is 106 Å². The summed E-state index contributed by atoms with van der Waals surface area (Å²) in [5, 5.41) is 0. The summed E-state index contributed by atoms with van der Waals surface area (Å²) in [4.78, 5) is 0. The second kappa shape index (κ2) is 31.7. The molecule has 316 valence electrons. The summed E-state index contributed by atoms with van der Waals surface area (Å²) in [6.07, 6.45) is 0. The monoisotopic (exact) mass is 822 g/mol. The third-order valence-corrected chi connectivity index (χ3v) is 8.79. The summed E-state index contributed by atoms with van der Waals surface area (Å²) < 4.78 is 56.8. The van der Waals surface area contributed by atoms with Crippen LogP contribution in [-0.4, -0.2) is 157 Å². The van der Waals surface area contributed by atoms with E-state index >= 15 is 0 Å². The molecule has 0 saturated carbocycles. The van der Waals surface area contributed by atoms with Gasteiger partial charge in [-0.15, -0.1) is 0 Å². The number of ether oxygens (including phenoxy) is 10. The van der Waals surface area contributed by atoms with Crippen molar-refractivity contribution in [2.24, 2.45) is 0 Å². The van der Waals surface area contributed by atoms with Crippen molar-refractivity contribution in [3.8, 4) is 0 Å². The van der Waals surface area contributed by atoms with Gasteiger partial charge in [-0.1, -0.05) is 114 Å². The molecule has 0 aliphatic rings. The zero-order valence-corrected chi connectivity index (χ0v) is 35.2. The van der Waals surface area contributed by atoms with Crippen LogP contribution in [0.25, 0.3) is 0 Å². The van der Waals surface area contributed by atoms with Gasteiger partial charge in [-0.3, -0.25) is 0 Å². The zero-order valence-electron chi connectivity index (χ0n) is 35.2. The van der Waals surface area contributed by atoms with Gasteiger partial charge in [0, 0.05) is 0 Å². The standard InChI is InChI=1S/C46H70O10.K.H/c1-45(2,3)43-15-11-39(12-16-43)35-53-31-27-49-23-19-47-21-25-51-29-33-55-37-41-9-7-8-10-42(41)38-56-34-30-52-26-22-48-20-24-50-28-32-54-36-40-13-17-44(18-14-40)46(4,5)6;;/h7-18H,19-38H2,1-6H3;;. The van der Waals surface area contributed by atoms with Crippen molar-refractivity contribution in [1.82, 2.24) is 0 Å². The summed E-state index contributed by atoms with van der Waals surface area (Å²) in [5.41, 5.74) is 7.51. The summed E-state index contributed by atoms with van der Waals surface area (Å²) in [5.74, 6) is 0. The van der Waals surface area contributed by atoms with Crippen LogP contribution in [0.4, 0.5) is 0 Å². The van der Waals surface area contributed by atoms with E-state index in [1.165, 1.54) is 22.3 Å². The van der Waals surface area contributed by atoms with E-state index in [4.69, 9.17) is 47.4 Å². The van der Waals surface area contributed by atoms with Gasteiger partial charge in [-0.2, -0.15) is 0 Å². The van der Waals surface area contributed by atoms with Crippen LogP contribution in [0.3, 0.4) is 0 Å². The molecule has 0 fully saturated rings. The second-order valence-corrected chi connectivity index (χ2v) is 15.5. The first-order valence-electron chi connectivity index (χ1n) is 20.2. The van der Waals surface area contributed by atoms with Crippen molar-refractivity contribution in [3.63, 3.8) is 0 Å². The molecule has 0 bridgehead atoms. The summed E-state index contributed by atoms with van der Waals surface area (Å²) in [6, 6.07) is 25.4. The Morgan fingerprint density at radius 2 is 0.526 bits per heavy atom. The van der Waals surface area contributed by atoms with E-state index in [2.05, 4.69) is 102 Å². The van der Waals surface area contributed by atoms with E-state index in [-0.39, 0.29) is 62.2 Å². The van der Waals surface area contributed by atoms with Crippen molar-refractivity contribution in [2.45, 2.75) is 78.8 Å². The third-order valence-electron chi connectivity index (χ3n) is 8.79. The van der Waals surface area contributed by atoms with Crippen LogP contribution in [0.2, 0.25) is 0 Å². The molecule has 0 saturated heterocycles. The fraction of sp³-hybridized carbons (Fsp3) is 0.609. The molecule has 0 unspecified atom stereocenters. The van der Waals surface area contributed by atoms with Gasteiger partial charge in [0.15, 0.2) is 0 Å². The average molecular weight is 823 g/mol. The first-order valence-corrected chi connectivity index (χ1v) is 20.2. The Morgan fingerprint density at radius 1 is 0.298 bits per heavy atom. The topological polar surface area (TPSA) is 92.3 Å². The quantitative estimate of drug-likeness (QED) is 0.0476. The summed E-state index contributed by atoms with van der Waals surface area (Å²) in [6.45, 7) is 23.9. The van der Waals surface area contributed by atoms with Gasteiger partial charge >= 0.3 is 51.4 Å². The molecule has 3 rings (SSSR count). The molecular weight excluding hydrogens is 752 g/mol. The molecular formula is C46H71KO10. The molecule has 11 heteroatoms. The summed E-state index contributed by atoms with van der Waals surface area (Å²) in [7, 11) is 0. The predicted molar refractivity (Wildman–Crippen MR) is 227 cm³/mol. The zero-order chi connectivity index (χ0) is 40.2. The average Bonchev–Trinajstić information content (AvgIpc) is 3.18. The SMILES string of the molecule is CC(C)(C)c1ccc(COCCOCCOCCOCCOCc2ccccc2COCCOCCOCCOCCOCc2ccc(C(C)(C)C)cc2)cc1.[KH]. The molecule has 0 spiro atoms. The Bertz CT molecular complexity index is 1280. The fourth-order valence-electron chi connectivity index (χ4n) is 5.34. The van der Waals surface area contributed by atoms with Crippen molar-refractivity contribution < 1.29 is 47.4 Å². The Labute approximate surface area is 386 Å². The molecule has 0 heterocycles. The van der Waals surface area contributed by atoms with Gasteiger partial charge in [0.05, 0.1) is 132 Å². The molecule has 57 heavy (non-hydrogen) atoms. The number of benzene rings is 3. The van der Waals surface area contributed by atoms with Gasteiger partial charge in [0.2, 0.25) is 0 Å². The van der Waals surface area contributed by atoms with Gasteiger partial charge in [0.25, 0.3) is 0 Å². The van der Waals surface area contributed by atoms with Crippen LogP contribution in [0.15, 0.2) is 72.8 Å². The molecule has 0 radical (unpaired) electrons. The van der Waals surface area contributed by atoms with Gasteiger partial charge in [-0.05, 0) is 44.2 Å². The first kappa shape index (κ1) is 52.0. The van der Waals surface area contributed by atoms with Crippen molar-refractivity contribution in [2.75, 3.05) is 106 Å². The number of rotatable bonds is 32. The van der Waals surface area contributed by atoms with E-state index in [1.54, 1.807) is 0 Å². The van der Waals surface area contributed by atoms with Crippen LogP contribution in [0.5, 0.6) is 0 Å². The molecule has 0 aliphatic carbocycles. The molecule has 0 aromatic heterocycles. The minimum absolute atomic E-state index is 0. The predicted octanol–water partition coefficient (Wildman–Crippen LogP) is 7.20. The van der Waals surface area contributed by atoms with Crippen LogP contribution < -0.4 is 0 Å². The van der Waals surface area contributed by atoms with E-state index in [1.807, 2.05) is 12.1 Å². The molecule has 10 nitrogen and oxygen atoms in total. The van der Waals surface area contributed by atoms with Crippen molar-refractivity contribution >= 4 is 51.4 Å². The molecule has 0 aliphatic heterocycles. The second-order valence-electron chi connectivity index (χ2n) is 15.5.